The molecule has 1 aromatic rings. The number of ether oxygens (including phenoxy) is 1. The summed E-state index contributed by atoms with van der Waals surface area (Å²) in [6, 6.07) is 5.63. The Bertz CT molecular complexity index is 776. The zero-order valence-corrected chi connectivity index (χ0v) is 18.1. The molecule has 8 heteroatoms. The van der Waals surface area contributed by atoms with Crippen molar-refractivity contribution in [2.24, 2.45) is 5.92 Å². The molecule has 2 rings (SSSR count). The molecule has 1 heterocycles. The average Bonchev–Trinajstić information content (AvgIpc) is 2.99. The van der Waals surface area contributed by atoms with Crippen LogP contribution in [-0.2, 0) is 25.0 Å². The minimum Gasteiger partial charge on any atom is -0.349 e. The van der Waals surface area contributed by atoms with E-state index in [2.05, 4.69) is 10.0 Å². The number of nitrogens with one attached hydrogen (secondary N) is 2. The molecule has 0 aromatic heterocycles. The predicted octanol–water partition coefficient (Wildman–Crippen LogP) is 2.25. The van der Waals surface area contributed by atoms with E-state index in [-0.39, 0.29) is 22.6 Å². The molecule has 3 N–H and O–H groups in total. The summed E-state index contributed by atoms with van der Waals surface area (Å²) in [5.41, 5.74) is 0.926. The van der Waals surface area contributed by atoms with Crippen molar-refractivity contribution in [1.29, 1.82) is 0 Å². The van der Waals surface area contributed by atoms with Gasteiger partial charge in [-0.3, -0.25) is 4.79 Å². The highest BCUT2D eigenvalue weighted by Crippen LogP contribution is 2.24. The number of hydrogen-bond donors (Lipinski definition) is 3. The molecule has 0 bridgehead atoms. The molecule has 1 aliphatic heterocycles. The summed E-state index contributed by atoms with van der Waals surface area (Å²) in [5, 5.41) is 12.7. The first-order valence-corrected chi connectivity index (χ1v) is 11.1. The zero-order chi connectivity index (χ0) is 21.2. The Morgan fingerprint density at radius 3 is 2.32 bits per heavy atom. The molecule has 0 spiro atoms. The monoisotopic (exact) mass is 412 g/mol. The van der Waals surface area contributed by atoms with E-state index < -0.39 is 27.9 Å². The van der Waals surface area contributed by atoms with Crippen molar-refractivity contribution < 1.29 is 23.1 Å². The first-order valence-electron chi connectivity index (χ1n) is 9.64. The molecular weight excluding hydrogens is 380 g/mol. The summed E-state index contributed by atoms with van der Waals surface area (Å²) in [7, 11) is -3.90. The van der Waals surface area contributed by atoms with Crippen molar-refractivity contribution in [2.75, 3.05) is 6.61 Å². The van der Waals surface area contributed by atoms with Crippen LogP contribution in [0.2, 0.25) is 0 Å². The molecule has 1 amide bonds. The Labute approximate surface area is 167 Å². The first kappa shape index (κ1) is 22.8. The highest BCUT2D eigenvalue weighted by Gasteiger charge is 2.37. The van der Waals surface area contributed by atoms with Crippen LogP contribution in [0.25, 0.3) is 0 Å². The van der Waals surface area contributed by atoms with Gasteiger partial charge in [0.1, 0.15) is 6.04 Å². The molecule has 1 saturated heterocycles. The number of hydrogen-bond acceptors (Lipinski definition) is 5. The van der Waals surface area contributed by atoms with Crippen molar-refractivity contribution in [2.45, 2.75) is 76.1 Å². The van der Waals surface area contributed by atoms with Gasteiger partial charge in [-0.15, -0.1) is 0 Å². The third kappa shape index (κ3) is 6.01. The third-order valence-corrected chi connectivity index (χ3v) is 6.16. The van der Waals surface area contributed by atoms with Crippen LogP contribution >= 0.6 is 0 Å². The van der Waals surface area contributed by atoms with Gasteiger partial charge < -0.3 is 15.2 Å². The normalized spacial score (nSPS) is 21.7. The predicted molar refractivity (Wildman–Crippen MR) is 107 cm³/mol. The van der Waals surface area contributed by atoms with Crippen LogP contribution in [0.3, 0.4) is 0 Å². The lowest BCUT2D eigenvalue weighted by molar-refractivity contribution is -0.197. The Kier molecular flexibility index (Phi) is 6.91. The van der Waals surface area contributed by atoms with Crippen LogP contribution in [0, 0.1) is 5.92 Å². The van der Waals surface area contributed by atoms with E-state index in [4.69, 9.17) is 4.74 Å². The van der Waals surface area contributed by atoms with Crippen LogP contribution in [0.5, 0.6) is 0 Å². The summed E-state index contributed by atoms with van der Waals surface area (Å²) in [5.74, 6) is -2.26. The quantitative estimate of drug-likeness (QED) is 0.596. The molecule has 0 aliphatic carbocycles. The van der Waals surface area contributed by atoms with Gasteiger partial charge in [-0.1, -0.05) is 46.8 Å². The van der Waals surface area contributed by atoms with Gasteiger partial charge in [-0.25, -0.2) is 8.42 Å². The molecule has 1 aliphatic rings. The number of benzene rings is 1. The van der Waals surface area contributed by atoms with Crippen molar-refractivity contribution in [3.8, 4) is 0 Å². The zero-order valence-electron chi connectivity index (χ0n) is 17.3. The fraction of sp³-hybridized carbons (Fsp3) is 0.650. The molecule has 1 aromatic carbocycles. The largest absolute Gasteiger partial charge is 0.349 e. The molecule has 28 heavy (non-hydrogen) atoms. The molecule has 0 radical (unpaired) electrons. The Balaban J connectivity index is 2.18. The van der Waals surface area contributed by atoms with Crippen molar-refractivity contribution in [3.05, 3.63) is 29.8 Å². The minimum absolute atomic E-state index is 0.0702. The van der Waals surface area contributed by atoms with Gasteiger partial charge in [-0.2, -0.15) is 4.72 Å². The van der Waals surface area contributed by atoms with E-state index in [0.29, 0.717) is 19.4 Å². The molecule has 1 fully saturated rings. The van der Waals surface area contributed by atoms with E-state index in [1.807, 2.05) is 34.6 Å². The summed E-state index contributed by atoms with van der Waals surface area (Å²) in [6.07, 6.45) is 1.19. The summed E-state index contributed by atoms with van der Waals surface area (Å²) in [4.78, 5) is 12.8. The smallest absolute Gasteiger partial charge is 0.248 e. The fourth-order valence-electron chi connectivity index (χ4n) is 3.07. The van der Waals surface area contributed by atoms with Gasteiger partial charge in [0.05, 0.1) is 11.5 Å². The van der Waals surface area contributed by atoms with Crippen LogP contribution in [-0.4, -0.2) is 38.0 Å². The number of sulfonamides is 1. The number of rotatable bonds is 7. The lowest BCUT2D eigenvalue weighted by atomic mass is 9.87. The Morgan fingerprint density at radius 2 is 1.86 bits per heavy atom. The number of aliphatic hydroxyl groups is 1. The third-order valence-electron chi connectivity index (χ3n) is 4.67. The van der Waals surface area contributed by atoms with Gasteiger partial charge in [0.25, 0.3) is 0 Å². The van der Waals surface area contributed by atoms with Crippen LogP contribution in [0.15, 0.2) is 29.2 Å². The van der Waals surface area contributed by atoms with Crippen LogP contribution in [0.4, 0.5) is 0 Å². The van der Waals surface area contributed by atoms with E-state index in [0.717, 1.165) is 5.56 Å². The maximum Gasteiger partial charge on any atom is 0.248 e. The topological polar surface area (TPSA) is 105 Å². The molecular formula is C20H32N2O5S. The van der Waals surface area contributed by atoms with E-state index >= 15 is 0 Å². The summed E-state index contributed by atoms with van der Waals surface area (Å²) >= 11 is 0. The van der Waals surface area contributed by atoms with Gasteiger partial charge in [0, 0.05) is 6.42 Å². The summed E-state index contributed by atoms with van der Waals surface area (Å²) < 4.78 is 33.3. The first-order chi connectivity index (χ1) is 12.8. The lowest BCUT2D eigenvalue weighted by Crippen LogP contribution is -2.55. The van der Waals surface area contributed by atoms with Crippen molar-refractivity contribution in [3.63, 3.8) is 0 Å². The molecule has 0 saturated carbocycles. The second kappa shape index (κ2) is 8.49. The second-order valence-corrected chi connectivity index (χ2v) is 10.5. The van der Waals surface area contributed by atoms with E-state index in [1.165, 1.54) is 0 Å². The van der Waals surface area contributed by atoms with E-state index in [1.54, 1.807) is 24.3 Å². The number of carbonyl (C=O) groups is 1. The van der Waals surface area contributed by atoms with Crippen molar-refractivity contribution >= 4 is 15.9 Å². The molecule has 158 valence electrons. The fourth-order valence-corrected chi connectivity index (χ4v) is 4.28. The highest BCUT2D eigenvalue weighted by molar-refractivity contribution is 7.89. The molecule has 2 atom stereocenters. The second-order valence-electron chi connectivity index (χ2n) is 8.80. The average molecular weight is 413 g/mol. The van der Waals surface area contributed by atoms with Gasteiger partial charge in [0.2, 0.25) is 21.8 Å². The maximum absolute atomic E-state index is 12.8. The van der Waals surface area contributed by atoms with E-state index in [9.17, 15) is 18.3 Å². The van der Waals surface area contributed by atoms with Crippen molar-refractivity contribution in [1.82, 2.24) is 10.0 Å². The van der Waals surface area contributed by atoms with Gasteiger partial charge in [-0.05, 0) is 41.9 Å². The number of amides is 1. The lowest BCUT2D eigenvalue weighted by Gasteiger charge is -2.27. The Morgan fingerprint density at radius 1 is 1.25 bits per heavy atom. The van der Waals surface area contributed by atoms with Crippen LogP contribution in [0.1, 0.15) is 59.4 Å². The van der Waals surface area contributed by atoms with Crippen LogP contribution < -0.4 is 10.0 Å². The van der Waals surface area contributed by atoms with Gasteiger partial charge in [0.15, 0.2) is 0 Å². The summed E-state index contributed by atoms with van der Waals surface area (Å²) in [6.45, 7) is 10.3. The maximum atomic E-state index is 12.8. The molecule has 2 unspecified atom stereocenters. The SMILES string of the molecule is CC(C)CC(NS(=O)(=O)c1ccc(C(C)(C)C)cc1)C(=O)NC1(O)CCCO1. The highest BCUT2D eigenvalue weighted by atomic mass is 32.2. The standard InChI is InChI=1S/C20H32N2O5S/c1-14(2)13-17(18(23)21-20(24)11-6-12-27-20)22-28(25,26)16-9-7-15(8-10-16)19(3,4)5/h7-10,14,17,22,24H,6,11-13H2,1-5H3,(H,21,23). The van der Waals surface area contributed by atoms with Gasteiger partial charge >= 0.3 is 0 Å². The minimum atomic E-state index is -3.90. The Hall–Kier alpha value is -1.48. The molecule has 7 nitrogen and oxygen atoms in total. The number of carbonyl (C=O) groups excluding carboxylic acids is 1.